The van der Waals surface area contributed by atoms with Gasteiger partial charge in [-0.2, -0.15) is 8.78 Å². The highest BCUT2D eigenvalue weighted by atomic mass is 19.3. The summed E-state index contributed by atoms with van der Waals surface area (Å²) >= 11 is 0. The van der Waals surface area contributed by atoms with Crippen LogP contribution in [-0.2, 0) is 5.92 Å². The Morgan fingerprint density at radius 1 is 1.21 bits per heavy atom. The van der Waals surface area contributed by atoms with Crippen molar-refractivity contribution < 1.29 is 13.9 Å². The molecule has 0 spiro atoms. The molecule has 1 rings (SSSR count). The molecule has 0 aliphatic rings. The van der Waals surface area contributed by atoms with Gasteiger partial charge in [0.25, 0.3) is 5.92 Å². The summed E-state index contributed by atoms with van der Waals surface area (Å²) in [7, 11) is 0. The van der Waals surface area contributed by atoms with Crippen LogP contribution in [0.15, 0.2) is 24.3 Å². The molecule has 0 aromatic heterocycles. The normalized spacial score (nSPS) is 12.1. The molecule has 1 aromatic carbocycles. The fourth-order valence-electron chi connectivity index (χ4n) is 1.20. The van der Waals surface area contributed by atoms with Crippen molar-refractivity contribution in [3.63, 3.8) is 0 Å². The molecule has 0 atom stereocenters. The molecule has 1 N–H and O–H groups in total. The number of alkyl halides is 2. The van der Waals surface area contributed by atoms with Crippen LogP contribution < -0.4 is 0 Å². The maximum absolute atomic E-state index is 13.0. The summed E-state index contributed by atoms with van der Waals surface area (Å²) in [5, 5.41) is 8.48. The SMILES string of the molecule is CC(C)c1ccc(C(F)(F)CO)cc1. The minimum atomic E-state index is -3.13. The maximum Gasteiger partial charge on any atom is 0.295 e. The quantitative estimate of drug-likeness (QED) is 0.795. The zero-order valence-corrected chi connectivity index (χ0v) is 8.30. The van der Waals surface area contributed by atoms with Crippen molar-refractivity contribution in [2.24, 2.45) is 0 Å². The third kappa shape index (κ3) is 2.29. The van der Waals surface area contributed by atoms with Gasteiger partial charge < -0.3 is 5.11 Å². The molecule has 0 radical (unpaired) electrons. The van der Waals surface area contributed by atoms with E-state index in [1.807, 2.05) is 13.8 Å². The Kier molecular flexibility index (Phi) is 3.21. The van der Waals surface area contributed by atoms with Crippen LogP contribution in [-0.4, -0.2) is 11.7 Å². The molecule has 0 aliphatic heterocycles. The lowest BCUT2D eigenvalue weighted by molar-refractivity contribution is -0.0556. The molecule has 78 valence electrons. The molecular formula is C11H14F2O. The lowest BCUT2D eigenvalue weighted by atomic mass is 10.00. The van der Waals surface area contributed by atoms with Crippen LogP contribution in [0, 0.1) is 0 Å². The summed E-state index contributed by atoms with van der Waals surface area (Å²) in [4.78, 5) is 0. The molecule has 3 heteroatoms. The molecule has 0 heterocycles. The topological polar surface area (TPSA) is 20.2 Å². The molecule has 0 saturated carbocycles. The number of rotatable bonds is 3. The van der Waals surface area contributed by atoms with Gasteiger partial charge in [-0.3, -0.25) is 0 Å². The smallest absolute Gasteiger partial charge is 0.295 e. The first-order valence-electron chi connectivity index (χ1n) is 4.56. The number of aliphatic hydroxyl groups excluding tert-OH is 1. The van der Waals surface area contributed by atoms with E-state index < -0.39 is 12.5 Å². The first kappa shape index (κ1) is 11.1. The zero-order chi connectivity index (χ0) is 10.8. The van der Waals surface area contributed by atoms with Crippen LogP contribution in [0.2, 0.25) is 0 Å². The Balaban J connectivity index is 2.94. The van der Waals surface area contributed by atoms with Gasteiger partial charge in [0.2, 0.25) is 0 Å². The highest BCUT2D eigenvalue weighted by Gasteiger charge is 2.30. The number of aliphatic hydroxyl groups is 1. The molecule has 0 aliphatic carbocycles. The van der Waals surface area contributed by atoms with E-state index in [9.17, 15) is 8.78 Å². The van der Waals surface area contributed by atoms with Gasteiger partial charge in [-0.1, -0.05) is 38.1 Å². The van der Waals surface area contributed by atoms with Crippen LogP contribution in [0.3, 0.4) is 0 Å². The van der Waals surface area contributed by atoms with Gasteiger partial charge in [0, 0.05) is 5.56 Å². The first-order chi connectivity index (χ1) is 6.47. The molecular weight excluding hydrogens is 186 g/mol. The summed E-state index contributed by atoms with van der Waals surface area (Å²) < 4.78 is 25.9. The maximum atomic E-state index is 13.0. The predicted molar refractivity (Wildman–Crippen MR) is 51.5 cm³/mol. The van der Waals surface area contributed by atoms with Gasteiger partial charge in [-0.05, 0) is 11.5 Å². The summed E-state index contributed by atoms with van der Waals surface area (Å²) in [5.74, 6) is -2.80. The van der Waals surface area contributed by atoms with Crippen LogP contribution in [0.5, 0.6) is 0 Å². The minimum absolute atomic E-state index is 0.135. The van der Waals surface area contributed by atoms with E-state index in [2.05, 4.69) is 0 Å². The van der Waals surface area contributed by atoms with Gasteiger partial charge in [-0.25, -0.2) is 0 Å². The van der Waals surface area contributed by atoms with Crippen LogP contribution in [0.25, 0.3) is 0 Å². The second-order valence-corrected chi connectivity index (χ2v) is 3.64. The lowest BCUT2D eigenvalue weighted by Gasteiger charge is -2.14. The van der Waals surface area contributed by atoms with E-state index in [1.165, 1.54) is 12.1 Å². The number of hydrogen-bond acceptors (Lipinski definition) is 1. The van der Waals surface area contributed by atoms with Crippen LogP contribution >= 0.6 is 0 Å². The molecule has 0 bridgehead atoms. The molecule has 0 fully saturated rings. The van der Waals surface area contributed by atoms with Crippen molar-refractivity contribution in [2.75, 3.05) is 6.61 Å². The molecule has 14 heavy (non-hydrogen) atoms. The number of hydrogen-bond donors (Lipinski definition) is 1. The molecule has 0 amide bonds. The second kappa shape index (κ2) is 4.05. The summed E-state index contributed by atoms with van der Waals surface area (Å²) in [6.45, 7) is 2.85. The van der Waals surface area contributed by atoms with Crippen molar-refractivity contribution in [1.82, 2.24) is 0 Å². The van der Waals surface area contributed by atoms with Gasteiger partial charge in [0.05, 0.1) is 0 Å². The molecule has 0 saturated heterocycles. The number of halogens is 2. The molecule has 1 nitrogen and oxygen atoms in total. The summed E-state index contributed by atoms with van der Waals surface area (Å²) in [6.07, 6.45) is 0. The Labute approximate surface area is 82.4 Å². The zero-order valence-electron chi connectivity index (χ0n) is 8.30. The van der Waals surface area contributed by atoms with Crippen molar-refractivity contribution in [3.8, 4) is 0 Å². The Morgan fingerprint density at radius 3 is 2.07 bits per heavy atom. The molecule has 0 unspecified atom stereocenters. The first-order valence-corrected chi connectivity index (χ1v) is 4.56. The van der Waals surface area contributed by atoms with Crippen molar-refractivity contribution >= 4 is 0 Å². The van der Waals surface area contributed by atoms with E-state index in [-0.39, 0.29) is 5.56 Å². The van der Waals surface area contributed by atoms with E-state index in [0.29, 0.717) is 5.92 Å². The third-order valence-corrected chi connectivity index (χ3v) is 2.20. The van der Waals surface area contributed by atoms with Crippen LogP contribution in [0.1, 0.15) is 30.9 Å². The largest absolute Gasteiger partial charge is 0.390 e. The standard InChI is InChI=1S/C11H14F2O/c1-8(2)9-3-5-10(6-4-9)11(12,13)7-14/h3-6,8,14H,7H2,1-2H3. The monoisotopic (exact) mass is 200 g/mol. The van der Waals surface area contributed by atoms with Gasteiger partial charge in [0.15, 0.2) is 0 Å². The average Bonchev–Trinajstić information content (AvgIpc) is 2.18. The van der Waals surface area contributed by atoms with E-state index in [1.54, 1.807) is 12.1 Å². The van der Waals surface area contributed by atoms with Gasteiger partial charge >= 0.3 is 0 Å². The Morgan fingerprint density at radius 2 is 1.71 bits per heavy atom. The Bertz CT molecular complexity index is 291. The summed E-state index contributed by atoms with van der Waals surface area (Å²) in [5.41, 5.74) is 0.881. The van der Waals surface area contributed by atoms with Crippen molar-refractivity contribution in [1.29, 1.82) is 0 Å². The fourth-order valence-corrected chi connectivity index (χ4v) is 1.20. The fraction of sp³-hybridized carbons (Fsp3) is 0.455. The van der Waals surface area contributed by atoms with Crippen molar-refractivity contribution in [3.05, 3.63) is 35.4 Å². The third-order valence-electron chi connectivity index (χ3n) is 2.20. The lowest BCUT2D eigenvalue weighted by Crippen LogP contribution is -2.18. The predicted octanol–water partition coefficient (Wildman–Crippen LogP) is 2.89. The van der Waals surface area contributed by atoms with Crippen LogP contribution in [0.4, 0.5) is 8.78 Å². The number of benzene rings is 1. The second-order valence-electron chi connectivity index (χ2n) is 3.64. The Hall–Kier alpha value is -0.960. The van der Waals surface area contributed by atoms with Crippen molar-refractivity contribution in [2.45, 2.75) is 25.7 Å². The van der Waals surface area contributed by atoms with E-state index in [0.717, 1.165) is 5.56 Å². The van der Waals surface area contributed by atoms with E-state index in [4.69, 9.17) is 5.11 Å². The molecule has 1 aromatic rings. The van der Waals surface area contributed by atoms with Gasteiger partial charge in [0.1, 0.15) is 6.61 Å². The highest BCUT2D eigenvalue weighted by Crippen LogP contribution is 2.28. The minimum Gasteiger partial charge on any atom is -0.390 e. The summed E-state index contributed by atoms with van der Waals surface area (Å²) in [6, 6.07) is 6.07. The van der Waals surface area contributed by atoms with E-state index >= 15 is 0 Å². The van der Waals surface area contributed by atoms with Gasteiger partial charge in [-0.15, -0.1) is 0 Å². The highest BCUT2D eigenvalue weighted by molar-refractivity contribution is 5.27. The average molecular weight is 200 g/mol.